The van der Waals surface area contributed by atoms with Crippen LogP contribution in [-0.4, -0.2) is 78.7 Å². The monoisotopic (exact) mass is 570 g/mol. The first-order valence-electron chi connectivity index (χ1n) is 14.2. The van der Waals surface area contributed by atoms with Crippen LogP contribution in [0.4, 0.5) is 9.18 Å². The fraction of sp³-hybridized carbons (Fsp3) is 0.531. The number of carbonyl (C=O) groups is 3. The van der Waals surface area contributed by atoms with Crippen molar-refractivity contribution in [3.8, 4) is 16.9 Å². The zero-order valence-corrected chi connectivity index (χ0v) is 25.3. The minimum absolute atomic E-state index is 0.137. The lowest BCUT2D eigenvalue weighted by molar-refractivity contribution is 0.00752. The average Bonchev–Trinajstić information content (AvgIpc) is 2.90. The second-order valence-corrected chi connectivity index (χ2v) is 11.7. The molecular formula is C32H43FN2O6. The first kappa shape index (κ1) is 32.1. The normalized spacial score (nSPS) is 15.5. The van der Waals surface area contributed by atoms with Gasteiger partial charge < -0.3 is 24.0 Å². The van der Waals surface area contributed by atoms with E-state index in [0.29, 0.717) is 55.2 Å². The van der Waals surface area contributed by atoms with Crippen LogP contribution in [0.15, 0.2) is 36.4 Å². The molecule has 0 aliphatic carbocycles. The summed E-state index contributed by atoms with van der Waals surface area (Å²) in [7, 11) is 1.60. The highest BCUT2D eigenvalue weighted by molar-refractivity contribution is 5.97. The average molecular weight is 571 g/mol. The Morgan fingerprint density at radius 2 is 1.76 bits per heavy atom. The number of halogens is 1. The van der Waals surface area contributed by atoms with Crippen molar-refractivity contribution in [3.63, 3.8) is 0 Å². The standard InChI is InChI=1S/C32H43FN2O6/c1-21(2)35(25-10-8-15-34(20-25)31(38)41-32(4,5)6)30(37)24-11-13-26(29(19-24)40-17-9-16-39-7)27-18-23(22(3)36)12-14-28(27)33/h11-14,18-19,21,25H,8-10,15-17,20H2,1-7H3/t25-/m1/s1. The summed E-state index contributed by atoms with van der Waals surface area (Å²) >= 11 is 0. The van der Waals surface area contributed by atoms with Crippen molar-refractivity contribution < 1.29 is 33.0 Å². The number of rotatable bonds is 10. The smallest absolute Gasteiger partial charge is 0.410 e. The second kappa shape index (κ2) is 13.9. The van der Waals surface area contributed by atoms with Gasteiger partial charge in [0, 0.05) is 61.5 Å². The Hall–Kier alpha value is -3.46. The maximum atomic E-state index is 15.0. The molecule has 3 rings (SSSR count). The Kier molecular flexibility index (Phi) is 10.9. The molecule has 1 atom stereocenters. The molecule has 1 heterocycles. The van der Waals surface area contributed by atoms with Crippen LogP contribution in [-0.2, 0) is 9.47 Å². The third kappa shape index (κ3) is 8.52. The van der Waals surface area contributed by atoms with Gasteiger partial charge in [-0.1, -0.05) is 0 Å². The minimum atomic E-state index is -0.609. The number of carbonyl (C=O) groups excluding carboxylic acids is 3. The zero-order valence-electron chi connectivity index (χ0n) is 25.3. The highest BCUT2D eigenvalue weighted by Crippen LogP contribution is 2.35. The molecule has 0 bridgehead atoms. The number of ether oxygens (including phenoxy) is 3. The van der Waals surface area contributed by atoms with Gasteiger partial charge >= 0.3 is 6.09 Å². The molecule has 1 saturated heterocycles. The van der Waals surface area contributed by atoms with Gasteiger partial charge in [-0.05, 0) is 90.8 Å². The molecule has 0 saturated carbocycles. The van der Waals surface area contributed by atoms with Crippen molar-refractivity contribution in [2.24, 2.45) is 0 Å². The van der Waals surface area contributed by atoms with E-state index < -0.39 is 11.4 Å². The van der Waals surface area contributed by atoms with Gasteiger partial charge in [0.25, 0.3) is 5.91 Å². The van der Waals surface area contributed by atoms with Crippen molar-refractivity contribution in [2.45, 2.75) is 78.5 Å². The SMILES string of the molecule is COCCCOc1cc(C(=O)N(C(C)C)[C@@H]2CCCN(C(=O)OC(C)(C)C)C2)ccc1-c1cc(C(C)=O)ccc1F. The molecule has 8 nitrogen and oxygen atoms in total. The topological polar surface area (TPSA) is 85.4 Å². The van der Waals surface area contributed by atoms with Crippen LogP contribution in [0.1, 0.15) is 81.5 Å². The number of hydrogen-bond donors (Lipinski definition) is 0. The van der Waals surface area contributed by atoms with Gasteiger partial charge in [-0.3, -0.25) is 9.59 Å². The molecule has 0 unspecified atom stereocenters. The molecule has 2 aromatic carbocycles. The number of amides is 2. The number of piperidine rings is 1. The molecule has 1 aliphatic heterocycles. The maximum Gasteiger partial charge on any atom is 0.410 e. The number of likely N-dealkylation sites (tertiary alicyclic amines) is 1. The van der Waals surface area contributed by atoms with Gasteiger partial charge in [-0.25, -0.2) is 9.18 Å². The van der Waals surface area contributed by atoms with Gasteiger partial charge in [0.1, 0.15) is 17.2 Å². The third-order valence-electron chi connectivity index (χ3n) is 6.87. The summed E-state index contributed by atoms with van der Waals surface area (Å²) in [6.07, 6.45) is 1.72. The molecule has 0 aromatic heterocycles. The number of Topliss-reactive ketones (excluding diaryl/α,β-unsaturated/α-hetero) is 1. The van der Waals surface area contributed by atoms with E-state index in [4.69, 9.17) is 14.2 Å². The van der Waals surface area contributed by atoms with Gasteiger partial charge in [-0.2, -0.15) is 0 Å². The highest BCUT2D eigenvalue weighted by atomic mass is 19.1. The number of benzene rings is 2. The summed E-state index contributed by atoms with van der Waals surface area (Å²) in [4.78, 5) is 42.2. The van der Waals surface area contributed by atoms with Crippen LogP contribution in [0.5, 0.6) is 5.75 Å². The lowest BCUT2D eigenvalue weighted by Crippen LogP contribution is -2.54. The lowest BCUT2D eigenvalue weighted by Gasteiger charge is -2.41. The van der Waals surface area contributed by atoms with E-state index in [0.717, 1.165) is 12.8 Å². The van der Waals surface area contributed by atoms with Gasteiger partial charge in [0.15, 0.2) is 5.78 Å². The summed E-state index contributed by atoms with van der Waals surface area (Å²) in [6.45, 7) is 12.5. The van der Waals surface area contributed by atoms with Crippen LogP contribution in [0.3, 0.4) is 0 Å². The Morgan fingerprint density at radius 1 is 1.05 bits per heavy atom. The number of methoxy groups -OCH3 is 1. The van der Waals surface area contributed by atoms with E-state index in [9.17, 15) is 18.8 Å². The lowest BCUT2D eigenvalue weighted by atomic mass is 9.97. The largest absolute Gasteiger partial charge is 0.493 e. The summed E-state index contributed by atoms with van der Waals surface area (Å²) in [6, 6.07) is 8.83. The number of hydrogen-bond acceptors (Lipinski definition) is 6. The van der Waals surface area contributed by atoms with E-state index in [1.165, 1.54) is 25.1 Å². The molecule has 9 heteroatoms. The molecular weight excluding hydrogens is 527 g/mol. The fourth-order valence-corrected chi connectivity index (χ4v) is 4.98. The number of ketones is 1. The molecule has 0 N–H and O–H groups in total. The molecule has 0 radical (unpaired) electrons. The Bertz CT molecular complexity index is 1240. The van der Waals surface area contributed by atoms with E-state index in [2.05, 4.69) is 0 Å². The molecule has 0 spiro atoms. The zero-order chi connectivity index (χ0) is 30.3. The molecule has 224 valence electrons. The minimum Gasteiger partial charge on any atom is -0.493 e. The van der Waals surface area contributed by atoms with Crippen LogP contribution < -0.4 is 4.74 Å². The van der Waals surface area contributed by atoms with Crippen LogP contribution in [0.2, 0.25) is 0 Å². The van der Waals surface area contributed by atoms with Crippen molar-refractivity contribution in [1.29, 1.82) is 0 Å². The Labute approximate surface area is 242 Å². The van der Waals surface area contributed by atoms with Crippen LogP contribution in [0, 0.1) is 5.82 Å². The number of nitrogens with zero attached hydrogens (tertiary/aromatic N) is 2. The molecule has 41 heavy (non-hydrogen) atoms. The summed E-state index contributed by atoms with van der Waals surface area (Å²) < 4.78 is 31.7. The Morgan fingerprint density at radius 3 is 2.39 bits per heavy atom. The van der Waals surface area contributed by atoms with Crippen LogP contribution in [0.25, 0.3) is 11.1 Å². The van der Waals surface area contributed by atoms with Crippen molar-refractivity contribution in [2.75, 3.05) is 33.4 Å². The summed E-state index contributed by atoms with van der Waals surface area (Å²) in [5.74, 6) is -0.540. The molecule has 2 amide bonds. The first-order valence-corrected chi connectivity index (χ1v) is 14.2. The summed E-state index contributed by atoms with van der Waals surface area (Å²) in [5, 5.41) is 0. The molecule has 2 aromatic rings. The van der Waals surface area contributed by atoms with Gasteiger partial charge in [0.05, 0.1) is 12.6 Å². The first-order chi connectivity index (χ1) is 19.3. The predicted molar refractivity (Wildman–Crippen MR) is 156 cm³/mol. The highest BCUT2D eigenvalue weighted by Gasteiger charge is 2.34. The quantitative estimate of drug-likeness (QED) is 0.244. The van der Waals surface area contributed by atoms with Crippen molar-refractivity contribution >= 4 is 17.8 Å². The fourth-order valence-electron chi connectivity index (χ4n) is 4.98. The Balaban J connectivity index is 1.95. The summed E-state index contributed by atoms with van der Waals surface area (Å²) in [5.41, 5.74) is 0.831. The third-order valence-corrected chi connectivity index (χ3v) is 6.87. The van der Waals surface area contributed by atoms with Crippen molar-refractivity contribution in [1.82, 2.24) is 9.80 Å². The molecule has 1 aliphatic rings. The maximum absolute atomic E-state index is 15.0. The second-order valence-electron chi connectivity index (χ2n) is 11.7. The van der Waals surface area contributed by atoms with E-state index in [1.807, 2.05) is 34.6 Å². The van der Waals surface area contributed by atoms with Gasteiger partial charge in [0.2, 0.25) is 0 Å². The predicted octanol–water partition coefficient (Wildman–Crippen LogP) is 6.36. The van der Waals surface area contributed by atoms with Crippen molar-refractivity contribution in [3.05, 3.63) is 53.3 Å². The van der Waals surface area contributed by atoms with Gasteiger partial charge in [-0.15, -0.1) is 0 Å². The molecule has 1 fully saturated rings. The van der Waals surface area contributed by atoms with E-state index in [1.54, 1.807) is 35.1 Å². The van der Waals surface area contributed by atoms with E-state index >= 15 is 0 Å². The van der Waals surface area contributed by atoms with E-state index in [-0.39, 0.29) is 35.4 Å². The van der Waals surface area contributed by atoms with Crippen LogP contribution >= 0.6 is 0 Å².